The summed E-state index contributed by atoms with van der Waals surface area (Å²) < 4.78 is 12.7. The molecular weight excluding hydrogens is 374 g/mol. The normalized spacial score (nSPS) is 24.8. The maximum atomic E-state index is 12.1. The number of Topliss-reactive ketones (excluding diaryl/α,β-unsaturated/α-hetero) is 1. The number of methoxy groups -OCH3 is 1. The molecule has 0 saturated carbocycles. The lowest BCUT2D eigenvalue weighted by Gasteiger charge is -2.32. The Labute approximate surface area is 150 Å². The van der Waals surface area contributed by atoms with Crippen molar-refractivity contribution in [2.45, 2.75) is 44.6 Å². The fourth-order valence-corrected chi connectivity index (χ4v) is 4.45. The molecule has 130 valence electrons. The first kappa shape index (κ1) is 17.3. The molecule has 2 heterocycles. The zero-order valence-electron chi connectivity index (χ0n) is 14.2. The fraction of sp³-hybridized carbons (Fsp3) is 0.556. The van der Waals surface area contributed by atoms with Gasteiger partial charge in [0, 0.05) is 36.0 Å². The SMILES string of the molecule is CCC(=O)CC1Oc2c(OC)cc(Br)c3c2C1(C)CN(C=O)CC3. The van der Waals surface area contributed by atoms with Crippen molar-refractivity contribution in [2.75, 3.05) is 20.2 Å². The van der Waals surface area contributed by atoms with Gasteiger partial charge in [0.25, 0.3) is 0 Å². The number of halogens is 1. The molecule has 1 aromatic carbocycles. The van der Waals surface area contributed by atoms with Gasteiger partial charge in [0.15, 0.2) is 11.5 Å². The maximum absolute atomic E-state index is 12.1. The first-order chi connectivity index (χ1) is 11.4. The largest absolute Gasteiger partial charge is 0.493 e. The smallest absolute Gasteiger partial charge is 0.209 e. The third-order valence-corrected chi connectivity index (χ3v) is 5.91. The standard InChI is InChI=1S/C18H22BrNO4/c1-4-11(22)7-15-18(2)9-20(10-21)6-5-12-13(19)8-14(23-3)17(24-15)16(12)18/h8,10,15H,4-7,9H2,1-3H3. The molecule has 0 fully saturated rings. The molecule has 2 aliphatic rings. The van der Waals surface area contributed by atoms with Gasteiger partial charge in [-0.3, -0.25) is 9.59 Å². The van der Waals surface area contributed by atoms with Crippen molar-refractivity contribution in [3.8, 4) is 11.5 Å². The van der Waals surface area contributed by atoms with E-state index in [2.05, 4.69) is 22.9 Å². The van der Waals surface area contributed by atoms with Crippen LogP contribution in [0.4, 0.5) is 0 Å². The summed E-state index contributed by atoms with van der Waals surface area (Å²) in [5.41, 5.74) is 1.79. The lowest BCUT2D eigenvalue weighted by Crippen LogP contribution is -2.45. The number of hydrogen-bond acceptors (Lipinski definition) is 4. The highest BCUT2D eigenvalue weighted by atomic mass is 79.9. The Morgan fingerprint density at radius 2 is 2.33 bits per heavy atom. The summed E-state index contributed by atoms with van der Waals surface area (Å²) in [4.78, 5) is 25.3. The predicted octanol–water partition coefficient (Wildman–Crippen LogP) is 2.86. The summed E-state index contributed by atoms with van der Waals surface area (Å²) in [5, 5.41) is 0. The number of carbonyl (C=O) groups is 2. The Morgan fingerprint density at radius 3 is 2.96 bits per heavy atom. The Hall–Kier alpha value is -1.56. The van der Waals surface area contributed by atoms with Crippen LogP contribution < -0.4 is 9.47 Å². The molecule has 1 amide bonds. The lowest BCUT2D eigenvalue weighted by atomic mass is 9.75. The molecule has 0 spiro atoms. The number of benzene rings is 1. The Kier molecular flexibility index (Phi) is 4.60. The Bertz CT molecular complexity index is 690. The molecule has 2 atom stereocenters. The van der Waals surface area contributed by atoms with Crippen LogP contribution in [0.25, 0.3) is 0 Å². The molecule has 1 aromatic rings. The first-order valence-corrected chi connectivity index (χ1v) is 9.01. The van der Waals surface area contributed by atoms with Gasteiger partial charge in [0.2, 0.25) is 6.41 Å². The maximum Gasteiger partial charge on any atom is 0.209 e. The van der Waals surface area contributed by atoms with E-state index >= 15 is 0 Å². The second-order valence-electron chi connectivity index (χ2n) is 6.69. The minimum absolute atomic E-state index is 0.163. The summed E-state index contributed by atoms with van der Waals surface area (Å²) in [6.07, 6.45) is 2.17. The van der Waals surface area contributed by atoms with Gasteiger partial charge in [0.1, 0.15) is 11.9 Å². The van der Waals surface area contributed by atoms with E-state index < -0.39 is 5.41 Å². The van der Waals surface area contributed by atoms with Crippen LogP contribution in [0.3, 0.4) is 0 Å². The molecule has 0 radical (unpaired) electrons. The molecular formula is C18H22BrNO4. The predicted molar refractivity (Wildman–Crippen MR) is 93.7 cm³/mol. The van der Waals surface area contributed by atoms with Crippen molar-refractivity contribution in [3.05, 3.63) is 21.7 Å². The second-order valence-corrected chi connectivity index (χ2v) is 7.54. The number of hydrogen-bond donors (Lipinski definition) is 0. The highest BCUT2D eigenvalue weighted by Gasteiger charge is 2.51. The molecule has 2 unspecified atom stereocenters. The van der Waals surface area contributed by atoms with Gasteiger partial charge in [-0.1, -0.05) is 29.8 Å². The molecule has 0 saturated heterocycles. The molecule has 3 rings (SSSR count). The Morgan fingerprint density at radius 1 is 1.58 bits per heavy atom. The van der Waals surface area contributed by atoms with E-state index in [1.165, 1.54) is 0 Å². The van der Waals surface area contributed by atoms with Crippen molar-refractivity contribution >= 4 is 28.1 Å². The van der Waals surface area contributed by atoms with Crippen molar-refractivity contribution in [3.63, 3.8) is 0 Å². The average molecular weight is 396 g/mol. The van der Waals surface area contributed by atoms with Gasteiger partial charge < -0.3 is 14.4 Å². The first-order valence-electron chi connectivity index (χ1n) is 8.22. The van der Waals surface area contributed by atoms with Gasteiger partial charge in [0.05, 0.1) is 12.5 Å². The van der Waals surface area contributed by atoms with Gasteiger partial charge in [-0.15, -0.1) is 0 Å². The summed E-state index contributed by atoms with van der Waals surface area (Å²) in [6.45, 7) is 5.15. The van der Waals surface area contributed by atoms with Gasteiger partial charge in [-0.05, 0) is 18.1 Å². The number of ether oxygens (including phenoxy) is 2. The van der Waals surface area contributed by atoms with E-state index in [4.69, 9.17) is 9.47 Å². The van der Waals surface area contributed by atoms with E-state index in [0.717, 1.165) is 34.2 Å². The van der Waals surface area contributed by atoms with Crippen LogP contribution in [0.5, 0.6) is 11.5 Å². The second kappa shape index (κ2) is 6.39. The molecule has 5 nitrogen and oxygen atoms in total. The van der Waals surface area contributed by atoms with Crippen LogP contribution in [-0.2, 0) is 21.4 Å². The van der Waals surface area contributed by atoms with Crippen molar-refractivity contribution in [2.24, 2.45) is 0 Å². The average Bonchev–Trinajstić information content (AvgIpc) is 2.75. The molecule has 0 N–H and O–H groups in total. The number of amides is 1. The quantitative estimate of drug-likeness (QED) is 0.719. The van der Waals surface area contributed by atoms with E-state index in [0.29, 0.717) is 31.7 Å². The van der Waals surface area contributed by atoms with Crippen LogP contribution in [-0.4, -0.2) is 43.4 Å². The van der Waals surface area contributed by atoms with E-state index in [1.807, 2.05) is 13.0 Å². The molecule has 2 aliphatic heterocycles. The van der Waals surface area contributed by atoms with Gasteiger partial charge in [-0.25, -0.2) is 0 Å². The minimum atomic E-state index is -0.427. The third-order valence-electron chi connectivity index (χ3n) is 5.20. The summed E-state index contributed by atoms with van der Waals surface area (Å²) in [6, 6.07) is 1.91. The van der Waals surface area contributed by atoms with Crippen molar-refractivity contribution < 1.29 is 19.1 Å². The van der Waals surface area contributed by atoms with Crippen LogP contribution >= 0.6 is 15.9 Å². The van der Waals surface area contributed by atoms with Crippen LogP contribution in [0, 0.1) is 0 Å². The number of ketones is 1. The van der Waals surface area contributed by atoms with Gasteiger partial charge in [-0.2, -0.15) is 0 Å². The molecule has 0 aliphatic carbocycles. The van der Waals surface area contributed by atoms with Crippen molar-refractivity contribution in [1.29, 1.82) is 0 Å². The molecule has 0 aromatic heterocycles. The van der Waals surface area contributed by atoms with Crippen LogP contribution in [0.2, 0.25) is 0 Å². The monoisotopic (exact) mass is 395 g/mol. The minimum Gasteiger partial charge on any atom is -0.493 e. The zero-order valence-corrected chi connectivity index (χ0v) is 15.8. The van der Waals surface area contributed by atoms with E-state index in [1.54, 1.807) is 12.0 Å². The van der Waals surface area contributed by atoms with Gasteiger partial charge >= 0.3 is 0 Å². The summed E-state index contributed by atoms with van der Waals surface area (Å²) >= 11 is 3.64. The number of carbonyl (C=O) groups excluding carboxylic acids is 2. The van der Waals surface area contributed by atoms with Crippen LogP contribution in [0.1, 0.15) is 37.8 Å². The lowest BCUT2D eigenvalue weighted by molar-refractivity contribution is -0.121. The van der Waals surface area contributed by atoms with Crippen LogP contribution in [0.15, 0.2) is 10.5 Å². The molecule has 6 heteroatoms. The summed E-state index contributed by atoms with van der Waals surface area (Å²) in [7, 11) is 1.62. The molecule has 24 heavy (non-hydrogen) atoms. The summed E-state index contributed by atoms with van der Waals surface area (Å²) in [5.74, 6) is 1.55. The Balaban J connectivity index is 2.16. The van der Waals surface area contributed by atoms with E-state index in [9.17, 15) is 9.59 Å². The highest BCUT2D eigenvalue weighted by molar-refractivity contribution is 9.10. The number of rotatable bonds is 5. The zero-order chi connectivity index (χ0) is 17.5. The number of nitrogens with zero attached hydrogens (tertiary/aromatic N) is 1. The van der Waals surface area contributed by atoms with Crippen molar-refractivity contribution in [1.82, 2.24) is 4.90 Å². The highest BCUT2D eigenvalue weighted by Crippen LogP contribution is 2.53. The third kappa shape index (κ3) is 2.61. The fourth-order valence-electron chi connectivity index (χ4n) is 3.84. The molecule has 0 bridgehead atoms. The topological polar surface area (TPSA) is 55.8 Å². The van der Waals surface area contributed by atoms with E-state index in [-0.39, 0.29) is 11.9 Å².